The predicted molar refractivity (Wildman–Crippen MR) is 91.2 cm³/mol. The highest BCUT2D eigenvalue weighted by atomic mass is 19.1. The summed E-state index contributed by atoms with van der Waals surface area (Å²) < 4.78 is 29.7. The van der Waals surface area contributed by atoms with E-state index < -0.39 is 35.0 Å². The van der Waals surface area contributed by atoms with E-state index >= 15 is 0 Å². The molecular formula is C17H18F2N4O3. The van der Waals surface area contributed by atoms with Crippen LogP contribution in [0, 0.1) is 5.82 Å². The van der Waals surface area contributed by atoms with E-state index in [1.165, 1.54) is 4.57 Å². The van der Waals surface area contributed by atoms with Crippen LogP contribution in [0.3, 0.4) is 0 Å². The Balaban J connectivity index is 1.90. The molecule has 0 unspecified atom stereocenters. The molecule has 1 N–H and O–H groups in total. The van der Waals surface area contributed by atoms with Gasteiger partial charge < -0.3 is 19.5 Å². The first-order chi connectivity index (χ1) is 12.4. The molecule has 0 radical (unpaired) electrons. The number of alkyl halides is 1. The fourth-order valence-electron chi connectivity index (χ4n) is 3.32. The summed E-state index contributed by atoms with van der Waals surface area (Å²) >= 11 is 0. The van der Waals surface area contributed by atoms with Gasteiger partial charge in [-0.05, 0) is 13.1 Å². The molecule has 26 heavy (non-hydrogen) atoms. The highest BCUT2D eigenvalue weighted by Crippen LogP contribution is 2.40. The summed E-state index contributed by atoms with van der Waals surface area (Å²) in [5, 5.41) is 9.10. The SMILES string of the molecule is CN1CCN(c2nc3c(cc2F)c(=O)c(C(=O)O)cn3[C@@H]2C[C@H]2F)CC1. The van der Waals surface area contributed by atoms with Crippen LogP contribution in [0.15, 0.2) is 17.1 Å². The van der Waals surface area contributed by atoms with Crippen molar-refractivity contribution in [3.8, 4) is 0 Å². The van der Waals surface area contributed by atoms with Gasteiger partial charge in [-0.1, -0.05) is 0 Å². The van der Waals surface area contributed by atoms with Gasteiger partial charge >= 0.3 is 5.97 Å². The highest BCUT2D eigenvalue weighted by Gasteiger charge is 2.40. The number of pyridine rings is 2. The summed E-state index contributed by atoms with van der Waals surface area (Å²) in [5.74, 6) is -2.00. The smallest absolute Gasteiger partial charge is 0.341 e. The molecule has 0 bridgehead atoms. The average Bonchev–Trinajstić information content (AvgIpc) is 3.32. The van der Waals surface area contributed by atoms with E-state index in [0.717, 1.165) is 25.4 Å². The minimum absolute atomic E-state index is 0.109. The van der Waals surface area contributed by atoms with Gasteiger partial charge in [-0.25, -0.2) is 18.6 Å². The maximum absolute atomic E-state index is 14.7. The maximum Gasteiger partial charge on any atom is 0.341 e. The minimum Gasteiger partial charge on any atom is -0.477 e. The molecule has 2 fully saturated rings. The normalized spacial score (nSPS) is 23.4. The number of nitrogens with zero attached hydrogens (tertiary/aromatic N) is 4. The number of anilines is 1. The van der Waals surface area contributed by atoms with Crippen molar-refractivity contribution < 1.29 is 18.7 Å². The Labute approximate surface area is 147 Å². The Morgan fingerprint density at radius 1 is 1.31 bits per heavy atom. The van der Waals surface area contributed by atoms with Crippen LogP contribution in [0.4, 0.5) is 14.6 Å². The predicted octanol–water partition coefficient (Wildman–Crippen LogP) is 1.27. The molecule has 2 aliphatic rings. The molecule has 9 heteroatoms. The Morgan fingerprint density at radius 2 is 1.96 bits per heavy atom. The van der Waals surface area contributed by atoms with Gasteiger partial charge in [0.05, 0.1) is 11.4 Å². The van der Waals surface area contributed by atoms with Crippen LogP contribution in [0.1, 0.15) is 22.8 Å². The van der Waals surface area contributed by atoms with Crippen LogP contribution in [0.5, 0.6) is 0 Å². The standard InChI is InChI=1S/C17H18F2N4O3/c1-21-2-4-22(5-3-21)16-12(19)6-9-14(24)10(17(25)26)8-23(15(9)20-16)13-7-11(13)18/h6,8,11,13H,2-5,7H2,1H3,(H,25,26)/t11-,13-/m1/s1. The van der Waals surface area contributed by atoms with E-state index in [1.54, 1.807) is 4.90 Å². The van der Waals surface area contributed by atoms with Gasteiger partial charge in [0, 0.05) is 38.8 Å². The first kappa shape index (κ1) is 16.9. The zero-order chi connectivity index (χ0) is 18.6. The zero-order valence-corrected chi connectivity index (χ0v) is 14.2. The summed E-state index contributed by atoms with van der Waals surface area (Å²) in [6.45, 7) is 2.66. The van der Waals surface area contributed by atoms with Gasteiger partial charge in [0.2, 0.25) is 5.43 Å². The number of aromatic carboxylic acids is 1. The molecule has 2 aromatic rings. The van der Waals surface area contributed by atoms with Crippen molar-refractivity contribution in [1.82, 2.24) is 14.5 Å². The summed E-state index contributed by atoms with van der Waals surface area (Å²) in [7, 11) is 1.97. The molecule has 1 aliphatic heterocycles. The van der Waals surface area contributed by atoms with Gasteiger partial charge in [0.15, 0.2) is 11.6 Å². The maximum atomic E-state index is 14.7. The van der Waals surface area contributed by atoms with Crippen molar-refractivity contribution in [1.29, 1.82) is 0 Å². The number of fused-ring (bicyclic) bond motifs is 1. The zero-order valence-electron chi connectivity index (χ0n) is 14.2. The van der Waals surface area contributed by atoms with E-state index in [0.29, 0.717) is 13.1 Å². The number of halogens is 2. The largest absolute Gasteiger partial charge is 0.477 e. The van der Waals surface area contributed by atoms with Crippen molar-refractivity contribution in [2.45, 2.75) is 18.6 Å². The van der Waals surface area contributed by atoms with Crippen LogP contribution in [-0.4, -0.2) is 64.9 Å². The van der Waals surface area contributed by atoms with E-state index in [9.17, 15) is 23.5 Å². The molecule has 4 rings (SSSR count). The van der Waals surface area contributed by atoms with Crippen molar-refractivity contribution in [3.63, 3.8) is 0 Å². The third kappa shape index (κ3) is 2.72. The lowest BCUT2D eigenvalue weighted by atomic mass is 10.1. The van der Waals surface area contributed by atoms with Crippen LogP contribution in [0.25, 0.3) is 11.0 Å². The van der Waals surface area contributed by atoms with Gasteiger partial charge in [0.25, 0.3) is 0 Å². The molecule has 138 valence electrons. The first-order valence-electron chi connectivity index (χ1n) is 8.43. The van der Waals surface area contributed by atoms with Crippen molar-refractivity contribution in [3.05, 3.63) is 33.9 Å². The van der Waals surface area contributed by atoms with Crippen molar-refractivity contribution in [2.24, 2.45) is 0 Å². The van der Waals surface area contributed by atoms with E-state index in [4.69, 9.17) is 0 Å². The second-order valence-corrected chi connectivity index (χ2v) is 6.86. The van der Waals surface area contributed by atoms with Crippen LogP contribution in [-0.2, 0) is 0 Å². The van der Waals surface area contributed by atoms with Gasteiger partial charge in [0.1, 0.15) is 17.4 Å². The second-order valence-electron chi connectivity index (χ2n) is 6.86. The molecule has 3 heterocycles. The molecule has 0 amide bonds. The second kappa shape index (κ2) is 6.01. The molecule has 0 aromatic carbocycles. The van der Waals surface area contributed by atoms with Crippen LogP contribution >= 0.6 is 0 Å². The molecule has 2 atom stereocenters. The lowest BCUT2D eigenvalue weighted by Crippen LogP contribution is -2.45. The van der Waals surface area contributed by atoms with Crippen LogP contribution in [0.2, 0.25) is 0 Å². The topological polar surface area (TPSA) is 78.7 Å². The fourth-order valence-corrected chi connectivity index (χ4v) is 3.32. The third-order valence-electron chi connectivity index (χ3n) is 5.01. The van der Waals surface area contributed by atoms with Crippen LogP contribution < -0.4 is 10.3 Å². The summed E-state index contributed by atoms with van der Waals surface area (Å²) in [5.41, 5.74) is -1.19. The quantitative estimate of drug-likeness (QED) is 0.884. The number of aromatic nitrogens is 2. The van der Waals surface area contributed by atoms with E-state index in [2.05, 4.69) is 9.88 Å². The summed E-state index contributed by atoms with van der Waals surface area (Å²) in [4.78, 5) is 32.0. The molecule has 1 aliphatic carbocycles. The molecule has 2 aromatic heterocycles. The van der Waals surface area contributed by atoms with Gasteiger partial charge in [-0.3, -0.25) is 4.79 Å². The number of piperazine rings is 1. The number of carbonyl (C=O) groups is 1. The Kier molecular flexibility index (Phi) is 3.91. The first-order valence-corrected chi connectivity index (χ1v) is 8.43. The average molecular weight is 364 g/mol. The van der Waals surface area contributed by atoms with Gasteiger partial charge in [-0.2, -0.15) is 0 Å². The van der Waals surface area contributed by atoms with Gasteiger partial charge in [-0.15, -0.1) is 0 Å². The molecule has 0 spiro atoms. The Morgan fingerprint density at radius 3 is 2.54 bits per heavy atom. The number of hydrogen-bond donors (Lipinski definition) is 1. The Hall–Kier alpha value is -2.55. The number of rotatable bonds is 3. The fraction of sp³-hybridized carbons (Fsp3) is 0.471. The van der Waals surface area contributed by atoms with E-state index in [1.807, 2.05) is 7.05 Å². The Bertz CT molecular complexity index is 953. The molecule has 1 saturated heterocycles. The van der Waals surface area contributed by atoms with E-state index in [-0.39, 0.29) is 23.3 Å². The molecular weight excluding hydrogens is 346 g/mol. The number of carboxylic acids is 1. The monoisotopic (exact) mass is 364 g/mol. The molecule has 7 nitrogen and oxygen atoms in total. The highest BCUT2D eigenvalue weighted by molar-refractivity contribution is 5.92. The number of carboxylic acid groups (broad SMARTS) is 1. The number of hydrogen-bond acceptors (Lipinski definition) is 5. The molecule has 1 saturated carbocycles. The minimum atomic E-state index is -1.43. The number of likely N-dealkylation sites (N-methyl/N-ethyl adjacent to an activating group) is 1. The lowest BCUT2D eigenvalue weighted by Gasteiger charge is -2.33. The van der Waals surface area contributed by atoms with Crippen molar-refractivity contribution >= 4 is 22.8 Å². The van der Waals surface area contributed by atoms with Crippen molar-refractivity contribution in [2.75, 3.05) is 38.1 Å². The third-order valence-corrected chi connectivity index (χ3v) is 5.01. The summed E-state index contributed by atoms with van der Waals surface area (Å²) in [6.07, 6.45) is 0.219. The summed E-state index contributed by atoms with van der Waals surface area (Å²) in [6, 6.07) is 0.450. The lowest BCUT2D eigenvalue weighted by molar-refractivity contribution is 0.0694.